The molecule has 0 heterocycles. The van der Waals surface area contributed by atoms with E-state index in [9.17, 15) is 9.90 Å². The van der Waals surface area contributed by atoms with E-state index in [0.717, 1.165) is 11.1 Å². The number of carbonyl (C=O) groups is 1. The molecule has 0 aliphatic carbocycles. The molecule has 4 nitrogen and oxygen atoms in total. The molecule has 2 rings (SSSR count). The molecular weight excluding hydrogens is 326 g/mol. The van der Waals surface area contributed by atoms with E-state index < -0.39 is 17.8 Å². The second-order valence-corrected chi connectivity index (χ2v) is 7.59. The predicted octanol–water partition coefficient (Wildman–Crippen LogP) is 4.51. The molecular formula is C22H29NO3. The fourth-order valence-corrected chi connectivity index (χ4v) is 2.59. The molecule has 26 heavy (non-hydrogen) atoms. The van der Waals surface area contributed by atoms with Crippen molar-refractivity contribution in [2.75, 3.05) is 13.1 Å². The Kier molecular flexibility index (Phi) is 6.81. The number of ether oxygens (including phenoxy) is 1. The zero-order valence-corrected chi connectivity index (χ0v) is 16.1. The molecule has 0 aliphatic heterocycles. The Morgan fingerprint density at radius 1 is 1.08 bits per heavy atom. The number of amides is 1. The van der Waals surface area contributed by atoms with Crippen LogP contribution in [-0.2, 0) is 11.2 Å². The first kappa shape index (κ1) is 20.0. The molecule has 2 aromatic carbocycles. The number of nitrogens with zero attached hydrogens (tertiary/aromatic N) is 1. The number of hydrogen-bond donors (Lipinski definition) is 1. The molecule has 0 aromatic heterocycles. The van der Waals surface area contributed by atoms with E-state index in [4.69, 9.17) is 4.74 Å². The van der Waals surface area contributed by atoms with Gasteiger partial charge in [0.25, 0.3) is 0 Å². The van der Waals surface area contributed by atoms with Crippen molar-refractivity contribution in [3.63, 3.8) is 0 Å². The van der Waals surface area contributed by atoms with Gasteiger partial charge in [-0.1, -0.05) is 60.2 Å². The van der Waals surface area contributed by atoms with Crippen molar-refractivity contribution in [3.05, 3.63) is 71.3 Å². The Morgan fingerprint density at radius 2 is 1.69 bits per heavy atom. The average molecular weight is 355 g/mol. The van der Waals surface area contributed by atoms with Gasteiger partial charge in [0.15, 0.2) is 0 Å². The van der Waals surface area contributed by atoms with E-state index in [-0.39, 0.29) is 6.54 Å². The number of benzene rings is 2. The van der Waals surface area contributed by atoms with Gasteiger partial charge in [-0.25, -0.2) is 4.79 Å². The second-order valence-electron chi connectivity index (χ2n) is 7.59. The lowest BCUT2D eigenvalue weighted by Gasteiger charge is -2.29. The number of carbonyl (C=O) groups excluding carboxylic acids is 1. The fourth-order valence-electron chi connectivity index (χ4n) is 2.59. The summed E-state index contributed by atoms with van der Waals surface area (Å²) in [6.07, 6.45) is -0.442. The van der Waals surface area contributed by atoms with E-state index in [2.05, 4.69) is 24.3 Å². The van der Waals surface area contributed by atoms with E-state index in [1.165, 1.54) is 5.56 Å². The molecule has 0 saturated carbocycles. The minimum atomic E-state index is -0.748. The quantitative estimate of drug-likeness (QED) is 0.829. The highest BCUT2D eigenvalue weighted by Gasteiger charge is 2.24. The normalized spacial score (nSPS) is 12.5. The van der Waals surface area contributed by atoms with Gasteiger partial charge in [0.05, 0.1) is 12.6 Å². The van der Waals surface area contributed by atoms with Crippen molar-refractivity contribution < 1.29 is 14.6 Å². The molecule has 0 bridgehead atoms. The third-order valence-electron chi connectivity index (χ3n) is 4.02. The van der Waals surface area contributed by atoms with E-state index >= 15 is 0 Å². The van der Waals surface area contributed by atoms with Gasteiger partial charge >= 0.3 is 6.09 Å². The smallest absolute Gasteiger partial charge is 0.410 e. The minimum Gasteiger partial charge on any atom is -0.444 e. The summed E-state index contributed by atoms with van der Waals surface area (Å²) in [5.41, 5.74) is 2.57. The van der Waals surface area contributed by atoms with Crippen molar-refractivity contribution in [1.29, 1.82) is 0 Å². The maximum atomic E-state index is 12.6. The molecule has 4 heteroatoms. The molecule has 1 atom stereocenters. The van der Waals surface area contributed by atoms with E-state index in [1.54, 1.807) is 4.90 Å². The van der Waals surface area contributed by atoms with Crippen molar-refractivity contribution in [3.8, 4) is 0 Å². The van der Waals surface area contributed by atoms with Crippen molar-refractivity contribution >= 4 is 6.09 Å². The van der Waals surface area contributed by atoms with Crippen LogP contribution in [0.1, 0.15) is 43.6 Å². The second kappa shape index (κ2) is 8.86. The van der Waals surface area contributed by atoms with Gasteiger partial charge in [-0.2, -0.15) is 0 Å². The zero-order valence-electron chi connectivity index (χ0n) is 16.1. The van der Waals surface area contributed by atoms with Crippen molar-refractivity contribution in [2.24, 2.45) is 0 Å². The number of aliphatic hydroxyl groups is 1. The van der Waals surface area contributed by atoms with Crippen LogP contribution in [0, 0.1) is 6.92 Å². The molecule has 140 valence electrons. The van der Waals surface area contributed by atoms with E-state index in [0.29, 0.717) is 13.0 Å². The minimum absolute atomic E-state index is 0.199. The summed E-state index contributed by atoms with van der Waals surface area (Å²) in [7, 11) is 0. The van der Waals surface area contributed by atoms with Gasteiger partial charge in [-0.15, -0.1) is 0 Å². The number of aliphatic hydroxyl groups excluding tert-OH is 1. The van der Waals surface area contributed by atoms with Gasteiger partial charge in [-0.05, 0) is 45.2 Å². The summed E-state index contributed by atoms with van der Waals surface area (Å²) in [5.74, 6) is 0. The van der Waals surface area contributed by atoms with Gasteiger partial charge < -0.3 is 14.7 Å². The Hall–Kier alpha value is -2.33. The molecule has 2 aromatic rings. The fraction of sp³-hybridized carbons (Fsp3) is 0.409. The summed E-state index contributed by atoms with van der Waals surface area (Å²) in [6, 6.07) is 17.6. The molecule has 1 amide bonds. The third-order valence-corrected chi connectivity index (χ3v) is 4.02. The Labute approximate surface area is 156 Å². The highest BCUT2D eigenvalue weighted by Crippen LogP contribution is 2.17. The van der Waals surface area contributed by atoms with Crippen molar-refractivity contribution in [1.82, 2.24) is 4.90 Å². The van der Waals surface area contributed by atoms with Crippen LogP contribution in [0.15, 0.2) is 54.6 Å². The molecule has 0 unspecified atom stereocenters. The van der Waals surface area contributed by atoms with Crippen LogP contribution < -0.4 is 0 Å². The standard InChI is InChI=1S/C22H29NO3/c1-17-10-12-18(13-11-17)14-15-23(21(25)26-22(2,3)4)16-20(24)19-8-6-5-7-9-19/h5-13,20,24H,14-16H2,1-4H3/t20-/m0/s1. The summed E-state index contributed by atoms with van der Waals surface area (Å²) in [5, 5.41) is 10.5. The SMILES string of the molecule is Cc1ccc(CCN(C[C@H](O)c2ccccc2)C(=O)OC(C)(C)C)cc1. The highest BCUT2D eigenvalue weighted by molar-refractivity contribution is 5.68. The average Bonchev–Trinajstić information content (AvgIpc) is 2.59. The Bertz CT molecular complexity index is 690. The van der Waals surface area contributed by atoms with Crippen LogP contribution in [0.4, 0.5) is 4.79 Å². The van der Waals surface area contributed by atoms with Crippen LogP contribution in [0.25, 0.3) is 0 Å². The molecule has 1 N–H and O–H groups in total. The lowest BCUT2D eigenvalue weighted by Crippen LogP contribution is -2.40. The molecule has 0 saturated heterocycles. The van der Waals surface area contributed by atoms with E-state index in [1.807, 2.05) is 58.0 Å². The zero-order chi connectivity index (χ0) is 19.2. The first-order valence-electron chi connectivity index (χ1n) is 9.01. The lowest BCUT2D eigenvalue weighted by atomic mass is 10.1. The highest BCUT2D eigenvalue weighted by atomic mass is 16.6. The number of hydrogen-bond acceptors (Lipinski definition) is 3. The van der Waals surface area contributed by atoms with Crippen LogP contribution >= 0.6 is 0 Å². The maximum absolute atomic E-state index is 12.6. The monoisotopic (exact) mass is 355 g/mol. The van der Waals surface area contributed by atoms with Crippen LogP contribution in [-0.4, -0.2) is 34.8 Å². The van der Waals surface area contributed by atoms with Crippen LogP contribution in [0.2, 0.25) is 0 Å². The Balaban J connectivity index is 2.07. The molecule has 0 spiro atoms. The topological polar surface area (TPSA) is 49.8 Å². The molecule has 0 fully saturated rings. The molecule has 0 radical (unpaired) electrons. The predicted molar refractivity (Wildman–Crippen MR) is 104 cm³/mol. The molecule has 0 aliphatic rings. The van der Waals surface area contributed by atoms with Crippen molar-refractivity contribution in [2.45, 2.75) is 45.8 Å². The summed E-state index contributed by atoms with van der Waals surface area (Å²) in [6.45, 7) is 8.27. The van der Waals surface area contributed by atoms with Gasteiger partial charge in [0.1, 0.15) is 5.60 Å². The summed E-state index contributed by atoms with van der Waals surface area (Å²) < 4.78 is 5.52. The maximum Gasteiger partial charge on any atom is 0.410 e. The third kappa shape index (κ3) is 6.52. The van der Waals surface area contributed by atoms with Crippen LogP contribution in [0.5, 0.6) is 0 Å². The first-order chi connectivity index (χ1) is 12.2. The van der Waals surface area contributed by atoms with Gasteiger partial charge in [0.2, 0.25) is 0 Å². The van der Waals surface area contributed by atoms with Gasteiger partial charge in [-0.3, -0.25) is 0 Å². The first-order valence-corrected chi connectivity index (χ1v) is 9.01. The van der Waals surface area contributed by atoms with Crippen LogP contribution in [0.3, 0.4) is 0 Å². The number of rotatable bonds is 6. The lowest BCUT2D eigenvalue weighted by molar-refractivity contribution is 0.0147. The Morgan fingerprint density at radius 3 is 2.27 bits per heavy atom. The summed E-state index contributed by atoms with van der Waals surface area (Å²) >= 11 is 0. The largest absolute Gasteiger partial charge is 0.444 e. The van der Waals surface area contributed by atoms with Gasteiger partial charge in [0, 0.05) is 6.54 Å². The number of aryl methyl sites for hydroxylation is 1. The summed E-state index contributed by atoms with van der Waals surface area (Å²) in [4.78, 5) is 14.2.